The summed E-state index contributed by atoms with van der Waals surface area (Å²) in [5.41, 5.74) is -0.465. The van der Waals surface area contributed by atoms with E-state index in [-0.39, 0.29) is 18.6 Å². The molecule has 0 fully saturated rings. The molecule has 0 aromatic carbocycles. The van der Waals surface area contributed by atoms with Gasteiger partial charge in [0, 0.05) is 11.8 Å². The Kier molecular flexibility index (Phi) is 3.47. The Morgan fingerprint density at radius 2 is 2.11 bits per heavy atom. The molecule has 1 aromatic rings. The van der Waals surface area contributed by atoms with E-state index in [1.54, 1.807) is 19.1 Å². The van der Waals surface area contributed by atoms with Crippen molar-refractivity contribution in [1.82, 2.24) is 9.55 Å². The van der Waals surface area contributed by atoms with E-state index >= 15 is 0 Å². The molecule has 0 spiro atoms. The first-order valence-electron chi connectivity index (χ1n) is 5.42. The van der Waals surface area contributed by atoms with Crippen LogP contribution in [-0.4, -0.2) is 37.7 Å². The van der Waals surface area contributed by atoms with Gasteiger partial charge in [-0.25, -0.2) is 4.79 Å². The minimum atomic E-state index is -0.770. The quantitative estimate of drug-likeness (QED) is 0.636. The predicted molar refractivity (Wildman–Crippen MR) is 68.7 cm³/mol. The van der Waals surface area contributed by atoms with Crippen LogP contribution in [0.1, 0.15) is 10.9 Å². The smallest absolute Gasteiger partial charge is 0.329 e. The topological polar surface area (TPSA) is 95.3 Å². The van der Waals surface area contributed by atoms with Crippen LogP contribution in [0, 0.1) is 6.92 Å². The first kappa shape index (κ1) is 13.1. The number of aliphatic hydroxyl groups is 2. The standard InChI is InChI=1S/C11H14N2O4S/c1-7-4-13(10(17)12-9(7)16)8-2-3-11(5-14,6-15)18-8/h2-4,8,14-15H,5-6H2,1H3,(H,12,16,17). The van der Waals surface area contributed by atoms with E-state index < -0.39 is 16.0 Å². The van der Waals surface area contributed by atoms with E-state index in [1.165, 1.54) is 22.5 Å². The summed E-state index contributed by atoms with van der Waals surface area (Å²) >= 11 is 1.27. The minimum absolute atomic E-state index is 0.210. The van der Waals surface area contributed by atoms with Crippen LogP contribution >= 0.6 is 11.8 Å². The molecule has 2 heterocycles. The van der Waals surface area contributed by atoms with Crippen molar-refractivity contribution in [2.24, 2.45) is 0 Å². The molecule has 0 radical (unpaired) electrons. The second-order valence-corrected chi connectivity index (χ2v) is 5.76. The lowest BCUT2D eigenvalue weighted by molar-refractivity contribution is 0.197. The maximum absolute atomic E-state index is 11.7. The third kappa shape index (κ3) is 2.16. The Labute approximate surface area is 107 Å². The summed E-state index contributed by atoms with van der Waals surface area (Å²) in [6, 6.07) is 0. The molecular weight excluding hydrogens is 256 g/mol. The molecular formula is C11H14N2O4S. The molecule has 1 aliphatic heterocycles. The zero-order valence-corrected chi connectivity index (χ0v) is 10.6. The number of aromatic nitrogens is 2. The second kappa shape index (κ2) is 4.75. The van der Waals surface area contributed by atoms with Gasteiger partial charge in [0.25, 0.3) is 5.56 Å². The van der Waals surface area contributed by atoms with Gasteiger partial charge in [0.05, 0.1) is 18.0 Å². The monoisotopic (exact) mass is 270 g/mol. The average molecular weight is 270 g/mol. The Morgan fingerprint density at radius 1 is 1.44 bits per heavy atom. The van der Waals surface area contributed by atoms with E-state index in [4.69, 9.17) is 0 Å². The number of rotatable bonds is 3. The molecule has 3 N–H and O–H groups in total. The number of hydrogen-bond acceptors (Lipinski definition) is 5. The van der Waals surface area contributed by atoms with Crippen LogP contribution in [0.3, 0.4) is 0 Å². The average Bonchev–Trinajstić information content (AvgIpc) is 2.79. The highest BCUT2D eigenvalue weighted by atomic mass is 32.2. The summed E-state index contributed by atoms with van der Waals surface area (Å²) in [5, 5.41) is 18.2. The summed E-state index contributed by atoms with van der Waals surface area (Å²) in [7, 11) is 0. The van der Waals surface area contributed by atoms with Crippen molar-refractivity contribution < 1.29 is 10.2 Å². The lowest BCUT2D eigenvalue weighted by atomic mass is 10.1. The molecule has 1 aliphatic rings. The summed E-state index contributed by atoms with van der Waals surface area (Å²) in [6.45, 7) is 1.19. The van der Waals surface area contributed by atoms with Gasteiger partial charge in [-0.3, -0.25) is 14.3 Å². The second-order valence-electron chi connectivity index (χ2n) is 4.23. The molecule has 0 saturated carbocycles. The first-order chi connectivity index (χ1) is 8.51. The first-order valence-corrected chi connectivity index (χ1v) is 6.30. The molecule has 2 rings (SSSR count). The van der Waals surface area contributed by atoms with Crippen molar-refractivity contribution in [2.75, 3.05) is 13.2 Å². The lowest BCUT2D eigenvalue weighted by Gasteiger charge is -2.23. The van der Waals surface area contributed by atoms with Crippen molar-refractivity contribution in [3.63, 3.8) is 0 Å². The summed E-state index contributed by atoms with van der Waals surface area (Å²) in [6.07, 6.45) is 4.90. The maximum atomic E-state index is 11.7. The Morgan fingerprint density at radius 3 is 2.67 bits per heavy atom. The van der Waals surface area contributed by atoms with Crippen LogP contribution in [0.25, 0.3) is 0 Å². The van der Waals surface area contributed by atoms with E-state index in [0.717, 1.165) is 0 Å². The SMILES string of the molecule is Cc1cn(C2C=CC(CO)(CO)S2)c(=O)[nH]c1=O. The van der Waals surface area contributed by atoms with E-state index in [0.29, 0.717) is 5.56 Å². The van der Waals surface area contributed by atoms with Gasteiger partial charge >= 0.3 is 5.69 Å². The molecule has 0 amide bonds. The molecule has 7 heteroatoms. The molecule has 18 heavy (non-hydrogen) atoms. The van der Waals surface area contributed by atoms with Gasteiger partial charge in [0.1, 0.15) is 5.37 Å². The molecule has 0 aliphatic carbocycles. The van der Waals surface area contributed by atoms with Gasteiger partial charge in [-0.05, 0) is 6.92 Å². The molecule has 6 nitrogen and oxygen atoms in total. The summed E-state index contributed by atoms with van der Waals surface area (Å²) in [4.78, 5) is 25.2. The van der Waals surface area contributed by atoms with Gasteiger partial charge in [-0.2, -0.15) is 0 Å². The van der Waals surface area contributed by atoms with Crippen molar-refractivity contribution in [1.29, 1.82) is 0 Å². The van der Waals surface area contributed by atoms with Crippen LogP contribution in [0.2, 0.25) is 0 Å². The zero-order chi connectivity index (χ0) is 13.3. The van der Waals surface area contributed by atoms with Crippen LogP contribution in [0.4, 0.5) is 0 Å². The third-order valence-electron chi connectivity index (χ3n) is 2.88. The van der Waals surface area contributed by atoms with Gasteiger partial charge in [-0.15, -0.1) is 11.8 Å². The third-order valence-corrected chi connectivity index (χ3v) is 4.36. The number of nitrogens with one attached hydrogen (secondary N) is 1. The molecule has 0 bridgehead atoms. The number of nitrogens with zero attached hydrogens (tertiary/aromatic N) is 1. The fraction of sp³-hybridized carbons (Fsp3) is 0.455. The molecule has 1 aromatic heterocycles. The zero-order valence-electron chi connectivity index (χ0n) is 9.79. The normalized spacial score (nSPS) is 21.4. The van der Waals surface area contributed by atoms with E-state index in [2.05, 4.69) is 4.98 Å². The maximum Gasteiger partial charge on any atom is 0.329 e. The number of hydrogen-bond donors (Lipinski definition) is 3. The van der Waals surface area contributed by atoms with Crippen molar-refractivity contribution in [3.8, 4) is 0 Å². The highest BCUT2D eigenvalue weighted by molar-refractivity contribution is 8.01. The molecule has 1 atom stereocenters. The van der Waals surface area contributed by atoms with Crippen LogP contribution in [-0.2, 0) is 0 Å². The highest BCUT2D eigenvalue weighted by Gasteiger charge is 2.35. The minimum Gasteiger partial charge on any atom is -0.395 e. The number of H-pyrrole nitrogens is 1. The lowest BCUT2D eigenvalue weighted by Crippen LogP contribution is -2.34. The van der Waals surface area contributed by atoms with Gasteiger partial charge in [0.2, 0.25) is 0 Å². The van der Waals surface area contributed by atoms with Crippen molar-refractivity contribution >= 4 is 11.8 Å². The van der Waals surface area contributed by atoms with Crippen LogP contribution < -0.4 is 11.2 Å². The molecule has 1 unspecified atom stereocenters. The van der Waals surface area contributed by atoms with Gasteiger partial charge in [-0.1, -0.05) is 12.2 Å². The van der Waals surface area contributed by atoms with E-state index in [1.807, 2.05) is 0 Å². The number of aryl methyl sites for hydroxylation is 1. The Bertz CT molecular complexity index is 585. The van der Waals surface area contributed by atoms with Crippen LogP contribution in [0.15, 0.2) is 27.9 Å². The van der Waals surface area contributed by atoms with Crippen LogP contribution in [0.5, 0.6) is 0 Å². The predicted octanol–water partition coefficient (Wildman–Crippen LogP) is -0.630. The van der Waals surface area contributed by atoms with E-state index in [9.17, 15) is 19.8 Å². The number of aromatic amines is 1. The van der Waals surface area contributed by atoms with Crippen molar-refractivity contribution in [2.45, 2.75) is 17.0 Å². The fourth-order valence-electron chi connectivity index (χ4n) is 1.73. The Hall–Kier alpha value is -1.31. The molecule has 0 saturated heterocycles. The van der Waals surface area contributed by atoms with Gasteiger partial charge in [0.15, 0.2) is 0 Å². The number of aliphatic hydroxyl groups excluding tert-OH is 2. The summed E-state index contributed by atoms with van der Waals surface area (Å²) < 4.78 is 0.610. The fourth-order valence-corrected chi connectivity index (χ4v) is 2.95. The van der Waals surface area contributed by atoms with Crippen molar-refractivity contribution in [3.05, 3.63) is 44.8 Å². The Balaban J connectivity index is 2.37. The summed E-state index contributed by atoms with van der Waals surface area (Å²) in [5.74, 6) is 0. The number of thioether (sulfide) groups is 1. The van der Waals surface area contributed by atoms with Gasteiger partial charge < -0.3 is 10.2 Å². The largest absolute Gasteiger partial charge is 0.395 e. The molecule has 98 valence electrons. The highest BCUT2D eigenvalue weighted by Crippen LogP contribution is 2.42.